The molecule has 0 atom stereocenters. The van der Waals surface area contributed by atoms with Crippen LogP contribution in [0.2, 0.25) is 0 Å². The molecule has 0 radical (unpaired) electrons. The second-order valence-corrected chi connectivity index (χ2v) is 3.46. The molecule has 0 aliphatic rings. The number of hydrogen-bond donors (Lipinski definition) is 1. The SMILES string of the molecule is CCOC(=O)COCCNCC(C)C. The first-order valence-electron chi connectivity index (χ1n) is 5.10. The van der Waals surface area contributed by atoms with Gasteiger partial charge in [-0.15, -0.1) is 0 Å². The van der Waals surface area contributed by atoms with Crippen molar-refractivity contribution in [1.82, 2.24) is 5.32 Å². The third kappa shape index (κ3) is 9.48. The first-order valence-corrected chi connectivity index (χ1v) is 5.10. The molecular weight excluding hydrogens is 182 g/mol. The minimum atomic E-state index is -0.295. The smallest absolute Gasteiger partial charge is 0.332 e. The third-order valence-electron chi connectivity index (χ3n) is 1.50. The summed E-state index contributed by atoms with van der Waals surface area (Å²) in [4.78, 5) is 10.8. The Kier molecular flexibility index (Phi) is 8.57. The van der Waals surface area contributed by atoms with E-state index in [-0.39, 0.29) is 12.6 Å². The number of ether oxygens (including phenoxy) is 2. The summed E-state index contributed by atoms with van der Waals surface area (Å²) < 4.78 is 9.80. The lowest BCUT2D eigenvalue weighted by atomic mass is 10.2. The third-order valence-corrected chi connectivity index (χ3v) is 1.50. The predicted octanol–water partition coefficient (Wildman–Crippen LogP) is 0.812. The molecule has 84 valence electrons. The second-order valence-electron chi connectivity index (χ2n) is 3.46. The van der Waals surface area contributed by atoms with Crippen molar-refractivity contribution >= 4 is 5.97 Å². The van der Waals surface area contributed by atoms with Gasteiger partial charge in [-0.25, -0.2) is 4.79 Å². The van der Waals surface area contributed by atoms with Crippen molar-refractivity contribution in [2.75, 3.05) is 32.9 Å². The Labute approximate surface area is 86.0 Å². The summed E-state index contributed by atoms with van der Waals surface area (Å²) in [5, 5.41) is 3.21. The van der Waals surface area contributed by atoms with Crippen LogP contribution in [0.5, 0.6) is 0 Å². The zero-order chi connectivity index (χ0) is 10.8. The fourth-order valence-electron chi connectivity index (χ4n) is 0.893. The molecule has 0 aliphatic heterocycles. The summed E-state index contributed by atoms with van der Waals surface area (Å²) in [5.74, 6) is 0.344. The molecule has 0 aromatic rings. The Hall–Kier alpha value is -0.610. The maximum Gasteiger partial charge on any atom is 0.332 e. The highest BCUT2D eigenvalue weighted by atomic mass is 16.6. The average molecular weight is 203 g/mol. The van der Waals surface area contributed by atoms with Crippen LogP contribution in [0, 0.1) is 5.92 Å². The van der Waals surface area contributed by atoms with Crippen LogP contribution >= 0.6 is 0 Å². The molecule has 4 heteroatoms. The van der Waals surface area contributed by atoms with E-state index in [0.29, 0.717) is 19.1 Å². The van der Waals surface area contributed by atoms with Gasteiger partial charge >= 0.3 is 5.97 Å². The molecule has 0 aliphatic carbocycles. The van der Waals surface area contributed by atoms with Gasteiger partial charge in [-0.1, -0.05) is 13.8 Å². The van der Waals surface area contributed by atoms with Gasteiger partial charge in [0.25, 0.3) is 0 Å². The highest BCUT2D eigenvalue weighted by Crippen LogP contribution is 1.86. The van der Waals surface area contributed by atoms with Crippen molar-refractivity contribution in [3.8, 4) is 0 Å². The molecule has 0 spiro atoms. The lowest BCUT2D eigenvalue weighted by Crippen LogP contribution is -2.25. The monoisotopic (exact) mass is 203 g/mol. The van der Waals surface area contributed by atoms with Crippen molar-refractivity contribution < 1.29 is 14.3 Å². The molecule has 0 saturated carbocycles. The molecule has 1 N–H and O–H groups in total. The minimum Gasteiger partial charge on any atom is -0.464 e. The molecule has 0 rings (SSSR count). The highest BCUT2D eigenvalue weighted by molar-refractivity contribution is 5.70. The quantitative estimate of drug-likeness (QED) is 0.468. The van der Waals surface area contributed by atoms with Crippen molar-refractivity contribution in [2.24, 2.45) is 5.92 Å². The first kappa shape index (κ1) is 13.4. The summed E-state index contributed by atoms with van der Waals surface area (Å²) in [6.45, 7) is 8.83. The lowest BCUT2D eigenvalue weighted by molar-refractivity contribution is -0.148. The van der Waals surface area contributed by atoms with Gasteiger partial charge in [0.15, 0.2) is 0 Å². The molecule has 0 aromatic heterocycles. The Morgan fingerprint density at radius 3 is 2.71 bits per heavy atom. The van der Waals surface area contributed by atoms with Crippen molar-refractivity contribution in [3.05, 3.63) is 0 Å². The summed E-state index contributed by atoms with van der Waals surface area (Å²) >= 11 is 0. The van der Waals surface area contributed by atoms with Crippen molar-refractivity contribution in [1.29, 1.82) is 0 Å². The van der Waals surface area contributed by atoms with E-state index in [2.05, 4.69) is 19.2 Å². The Morgan fingerprint density at radius 2 is 2.14 bits per heavy atom. The van der Waals surface area contributed by atoms with Gasteiger partial charge < -0.3 is 14.8 Å². The molecule has 4 nitrogen and oxygen atoms in total. The fraction of sp³-hybridized carbons (Fsp3) is 0.900. The van der Waals surface area contributed by atoms with Crippen LogP contribution in [0.3, 0.4) is 0 Å². The van der Waals surface area contributed by atoms with E-state index in [1.807, 2.05) is 0 Å². The van der Waals surface area contributed by atoms with Gasteiger partial charge in [0.2, 0.25) is 0 Å². The Balaban J connectivity index is 3.09. The summed E-state index contributed by atoms with van der Waals surface area (Å²) in [6, 6.07) is 0. The van der Waals surface area contributed by atoms with Gasteiger partial charge in [0.1, 0.15) is 6.61 Å². The van der Waals surface area contributed by atoms with Gasteiger partial charge in [0.05, 0.1) is 13.2 Å². The number of hydrogen-bond acceptors (Lipinski definition) is 4. The van der Waals surface area contributed by atoms with E-state index >= 15 is 0 Å². The molecule has 0 bridgehead atoms. The van der Waals surface area contributed by atoms with E-state index in [1.165, 1.54) is 0 Å². The number of nitrogens with one attached hydrogen (secondary N) is 1. The van der Waals surface area contributed by atoms with Gasteiger partial charge in [-0.3, -0.25) is 0 Å². The van der Waals surface area contributed by atoms with Crippen LogP contribution < -0.4 is 5.32 Å². The minimum absolute atomic E-state index is 0.0528. The van der Waals surface area contributed by atoms with Gasteiger partial charge in [-0.2, -0.15) is 0 Å². The zero-order valence-corrected chi connectivity index (χ0v) is 9.34. The average Bonchev–Trinajstić information content (AvgIpc) is 2.11. The van der Waals surface area contributed by atoms with Crippen molar-refractivity contribution in [2.45, 2.75) is 20.8 Å². The van der Waals surface area contributed by atoms with Crippen LogP contribution in [0.4, 0.5) is 0 Å². The first-order chi connectivity index (χ1) is 6.66. The molecule has 0 aromatic carbocycles. The topological polar surface area (TPSA) is 47.6 Å². The second kappa shape index (κ2) is 8.97. The highest BCUT2D eigenvalue weighted by Gasteiger charge is 2.00. The maximum atomic E-state index is 10.8. The molecular formula is C10H21NO3. The maximum absolute atomic E-state index is 10.8. The summed E-state index contributed by atoms with van der Waals surface area (Å²) in [5.41, 5.74) is 0. The van der Waals surface area contributed by atoms with Crippen molar-refractivity contribution in [3.63, 3.8) is 0 Å². The lowest BCUT2D eigenvalue weighted by Gasteiger charge is -2.07. The predicted molar refractivity (Wildman–Crippen MR) is 55.2 cm³/mol. The number of carbonyl (C=O) groups is 1. The van der Waals surface area contributed by atoms with E-state index in [9.17, 15) is 4.79 Å². The largest absolute Gasteiger partial charge is 0.464 e. The van der Waals surface area contributed by atoms with Crippen LogP contribution in [0.1, 0.15) is 20.8 Å². The van der Waals surface area contributed by atoms with Crippen LogP contribution in [0.15, 0.2) is 0 Å². The summed E-state index contributed by atoms with van der Waals surface area (Å²) in [7, 11) is 0. The molecule has 14 heavy (non-hydrogen) atoms. The Bertz CT molecular complexity index is 148. The Morgan fingerprint density at radius 1 is 1.43 bits per heavy atom. The number of rotatable bonds is 8. The van der Waals surface area contributed by atoms with Crippen LogP contribution in [-0.2, 0) is 14.3 Å². The normalized spacial score (nSPS) is 10.6. The van der Waals surface area contributed by atoms with Gasteiger partial charge in [-0.05, 0) is 19.4 Å². The molecule has 0 saturated heterocycles. The number of carbonyl (C=O) groups excluding carboxylic acids is 1. The standard InChI is InChI=1S/C10H21NO3/c1-4-14-10(12)8-13-6-5-11-7-9(2)3/h9,11H,4-8H2,1-3H3. The molecule has 0 unspecified atom stereocenters. The van der Waals surface area contributed by atoms with Crippen LogP contribution in [-0.4, -0.2) is 38.9 Å². The zero-order valence-electron chi connectivity index (χ0n) is 9.34. The number of esters is 1. The summed E-state index contributed by atoms with van der Waals surface area (Å²) in [6.07, 6.45) is 0. The molecule has 0 fully saturated rings. The van der Waals surface area contributed by atoms with E-state index in [4.69, 9.17) is 9.47 Å². The molecule has 0 amide bonds. The molecule has 0 heterocycles. The van der Waals surface area contributed by atoms with E-state index in [0.717, 1.165) is 13.1 Å². The fourth-order valence-corrected chi connectivity index (χ4v) is 0.893. The van der Waals surface area contributed by atoms with E-state index in [1.54, 1.807) is 6.92 Å². The van der Waals surface area contributed by atoms with E-state index < -0.39 is 0 Å². The van der Waals surface area contributed by atoms with Crippen LogP contribution in [0.25, 0.3) is 0 Å². The van der Waals surface area contributed by atoms with Gasteiger partial charge in [0, 0.05) is 6.54 Å².